The third-order valence-corrected chi connectivity index (χ3v) is 1.75. The van der Waals surface area contributed by atoms with E-state index in [4.69, 9.17) is 10.5 Å². The second-order valence-electron chi connectivity index (χ2n) is 2.94. The summed E-state index contributed by atoms with van der Waals surface area (Å²) in [5, 5.41) is 2.97. The Kier molecular flexibility index (Phi) is 4.33. The van der Waals surface area contributed by atoms with Crippen molar-refractivity contribution in [2.75, 3.05) is 19.0 Å². The van der Waals surface area contributed by atoms with Crippen molar-refractivity contribution in [2.45, 2.75) is 12.8 Å². The fraction of sp³-hybridized carbons (Fsp3) is 0.444. The Labute approximate surface area is 87.9 Å². The van der Waals surface area contributed by atoms with E-state index in [0.717, 1.165) is 0 Å². The molecule has 0 fully saturated rings. The zero-order valence-electron chi connectivity index (χ0n) is 8.56. The second-order valence-corrected chi connectivity index (χ2v) is 2.94. The van der Waals surface area contributed by atoms with Crippen molar-refractivity contribution in [1.29, 1.82) is 0 Å². The van der Waals surface area contributed by atoms with Crippen LogP contribution in [-0.2, 0) is 4.79 Å². The molecule has 0 unspecified atom stereocenters. The van der Waals surface area contributed by atoms with Gasteiger partial charge >= 0.3 is 0 Å². The summed E-state index contributed by atoms with van der Waals surface area (Å²) in [4.78, 5) is 18.4. The number of anilines is 1. The summed E-state index contributed by atoms with van der Waals surface area (Å²) >= 11 is 0. The number of hydrogen-bond acceptors (Lipinski definition) is 5. The molecule has 0 spiro atoms. The molecule has 3 N–H and O–H groups in total. The van der Waals surface area contributed by atoms with Gasteiger partial charge in [0.15, 0.2) is 5.75 Å². The number of nitrogens with two attached hydrogens (primary N) is 1. The lowest BCUT2D eigenvalue weighted by Crippen LogP contribution is -2.13. The molecule has 0 radical (unpaired) electrons. The van der Waals surface area contributed by atoms with Gasteiger partial charge in [0.25, 0.3) is 0 Å². The first-order valence-electron chi connectivity index (χ1n) is 4.60. The normalized spacial score (nSPS) is 9.67. The summed E-state index contributed by atoms with van der Waals surface area (Å²) in [5.74, 6) is 0.824. The molecule has 0 aliphatic heterocycles. The van der Waals surface area contributed by atoms with Crippen LogP contribution in [0.15, 0.2) is 12.4 Å². The van der Waals surface area contributed by atoms with Crippen molar-refractivity contribution < 1.29 is 9.53 Å². The first-order chi connectivity index (χ1) is 7.22. The van der Waals surface area contributed by atoms with Crippen molar-refractivity contribution >= 4 is 11.9 Å². The number of carbonyl (C=O) groups excluding carboxylic acids is 1. The number of nitrogens with one attached hydrogen (secondary N) is 1. The average molecular weight is 210 g/mol. The van der Waals surface area contributed by atoms with Crippen LogP contribution >= 0.6 is 0 Å². The van der Waals surface area contributed by atoms with E-state index in [9.17, 15) is 4.79 Å². The molecular formula is C9H14N4O2. The summed E-state index contributed by atoms with van der Waals surface area (Å²) in [6, 6.07) is 0. The van der Waals surface area contributed by atoms with Crippen LogP contribution in [0.2, 0.25) is 0 Å². The molecule has 1 rings (SSSR count). The minimum absolute atomic E-state index is 0.299. The molecule has 0 saturated carbocycles. The highest BCUT2D eigenvalue weighted by Crippen LogP contribution is 2.06. The van der Waals surface area contributed by atoms with Gasteiger partial charge in [0.1, 0.15) is 0 Å². The molecule has 6 nitrogen and oxygen atoms in total. The van der Waals surface area contributed by atoms with Crippen LogP contribution in [0.25, 0.3) is 0 Å². The zero-order valence-corrected chi connectivity index (χ0v) is 8.56. The smallest absolute Gasteiger partial charge is 0.222 e. The minimum Gasteiger partial charge on any atom is -0.494 e. The van der Waals surface area contributed by atoms with E-state index in [1.165, 1.54) is 0 Å². The number of methoxy groups -OCH3 is 1. The monoisotopic (exact) mass is 210 g/mol. The zero-order chi connectivity index (χ0) is 11.1. The summed E-state index contributed by atoms with van der Waals surface area (Å²) in [6.07, 6.45) is 4.18. The van der Waals surface area contributed by atoms with Crippen LogP contribution < -0.4 is 15.8 Å². The number of hydrogen-bond donors (Lipinski definition) is 2. The highest BCUT2D eigenvalue weighted by atomic mass is 16.5. The fourth-order valence-corrected chi connectivity index (χ4v) is 0.976. The van der Waals surface area contributed by atoms with Gasteiger partial charge in [-0.15, -0.1) is 0 Å². The lowest BCUT2D eigenvalue weighted by molar-refractivity contribution is -0.118. The van der Waals surface area contributed by atoms with Crippen molar-refractivity contribution in [2.24, 2.45) is 5.73 Å². The summed E-state index contributed by atoms with van der Waals surface area (Å²) < 4.78 is 4.91. The number of aromatic nitrogens is 2. The van der Waals surface area contributed by atoms with Gasteiger partial charge in [0, 0.05) is 13.0 Å². The summed E-state index contributed by atoms with van der Waals surface area (Å²) in [6.45, 7) is 0.620. The molecule has 0 atom stereocenters. The Balaban J connectivity index is 2.28. The van der Waals surface area contributed by atoms with Crippen LogP contribution in [0.4, 0.5) is 5.95 Å². The number of amides is 1. The number of rotatable bonds is 6. The minimum atomic E-state index is -0.299. The number of nitrogens with zero attached hydrogens (tertiary/aromatic N) is 2. The molecule has 1 heterocycles. The Bertz CT molecular complexity index is 312. The summed E-state index contributed by atoms with van der Waals surface area (Å²) in [5.41, 5.74) is 5.00. The number of carbonyl (C=O) groups is 1. The van der Waals surface area contributed by atoms with E-state index in [2.05, 4.69) is 15.3 Å². The van der Waals surface area contributed by atoms with E-state index in [0.29, 0.717) is 31.1 Å². The highest BCUT2D eigenvalue weighted by molar-refractivity contribution is 5.73. The predicted molar refractivity (Wildman–Crippen MR) is 55.5 cm³/mol. The van der Waals surface area contributed by atoms with E-state index in [1.807, 2.05) is 0 Å². The highest BCUT2D eigenvalue weighted by Gasteiger charge is 1.97. The molecule has 6 heteroatoms. The Morgan fingerprint density at radius 3 is 2.73 bits per heavy atom. The third kappa shape index (κ3) is 4.26. The molecule has 1 aromatic rings. The van der Waals surface area contributed by atoms with Crippen LogP contribution in [0.1, 0.15) is 12.8 Å². The Hall–Kier alpha value is -1.85. The summed E-state index contributed by atoms with van der Waals surface area (Å²) in [7, 11) is 1.55. The van der Waals surface area contributed by atoms with Gasteiger partial charge in [-0.3, -0.25) is 4.79 Å². The van der Waals surface area contributed by atoms with E-state index < -0.39 is 0 Å². The molecule has 0 aromatic carbocycles. The molecule has 1 amide bonds. The lowest BCUT2D eigenvalue weighted by Gasteiger charge is -2.03. The van der Waals surface area contributed by atoms with Gasteiger partial charge in [0.05, 0.1) is 19.5 Å². The van der Waals surface area contributed by atoms with Gasteiger partial charge in [-0.25, -0.2) is 9.97 Å². The van der Waals surface area contributed by atoms with E-state index >= 15 is 0 Å². The van der Waals surface area contributed by atoms with Crippen molar-refractivity contribution in [3.63, 3.8) is 0 Å². The largest absolute Gasteiger partial charge is 0.494 e. The maximum Gasteiger partial charge on any atom is 0.222 e. The molecule has 82 valence electrons. The molecule has 0 aliphatic rings. The SMILES string of the molecule is COc1cnc(NCCCC(N)=O)nc1. The maximum absolute atomic E-state index is 10.4. The van der Waals surface area contributed by atoms with Crippen LogP contribution in [0.3, 0.4) is 0 Å². The van der Waals surface area contributed by atoms with Gasteiger partial charge in [-0.1, -0.05) is 0 Å². The quantitative estimate of drug-likeness (QED) is 0.653. The van der Waals surface area contributed by atoms with Gasteiger partial charge in [-0.05, 0) is 6.42 Å². The van der Waals surface area contributed by atoms with Crippen LogP contribution in [0, 0.1) is 0 Å². The van der Waals surface area contributed by atoms with E-state index in [-0.39, 0.29) is 5.91 Å². The molecule has 0 bridgehead atoms. The molecule has 15 heavy (non-hydrogen) atoms. The van der Waals surface area contributed by atoms with Gasteiger partial charge < -0.3 is 15.8 Å². The number of primary amides is 1. The predicted octanol–water partition coefficient (Wildman–Crippen LogP) is 0.163. The first-order valence-corrected chi connectivity index (χ1v) is 4.60. The maximum atomic E-state index is 10.4. The topological polar surface area (TPSA) is 90.1 Å². The lowest BCUT2D eigenvalue weighted by atomic mass is 10.3. The van der Waals surface area contributed by atoms with Crippen LogP contribution in [0.5, 0.6) is 5.75 Å². The van der Waals surface area contributed by atoms with Crippen molar-refractivity contribution in [3.8, 4) is 5.75 Å². The average Bonchev–Trinajstić information content (AvgIpc) is 2.25. The van der Waals surface area contributed by atoms with Crippen molar-refractivity contribution in [3.05, 3.63) is 12.4 Å². The van der Waals surface area contributed by atoms with Crippen LogP contribution in [-0.4, -0.2) is 29.5 Å². The molecule has 0 saturated heterocycles. The van der Waals surface area contributed by atoms with Gasteiger partial charge in [-0.2, -0.15) is 0 Å². The van der Waals surface area contributed by atoms with Gasteiger partial charge in [0.2, 0.25) is 11.9 Å². The van der Waals surface area contributed by atoms with E-state index in [1.54, 1.807) is 19.5 Å². The first kappa shape index (κ1) is 11.2. The molecular weight excluding hydrogens is 196 g/mol. The molecule has 1 aromatic heterocycles. The second kappa shape index (κ2) is 5.79. The third-order valence-electron chi connectivity index (χ3n) is 1.75. The Morgan fingerprint density at radius 1 is 1.53 bits per heavy atom. The Morgan fingerprint density at radius 2 is 2.20 bits per heavy atom. The molecule has 0 aliphatic carbocycles. The standard InChI is InChI=1S/C9H14N4O2/c1-15-7-5-12-9(13-6-7)11-4-2-3-8(10)14/h5-6H,2-4H2,1H3,(H2,10,14)(H,11,12,13). The fourth-order valence-electron chi connectivity index (χ4n) is 0.976. The number of ether oxygens (including phenoxy) is 1. The van der Waals surface area contributed by atoms with Crippen molar-refractivity contribution in [1.82, 2.24) is 9.97 Å².